The van der Waals surface area contributed by atoms with E-state index in [-0.39, 0.29) is 23.9 Å². The molecule has 2 N–H and O–H groups in total. The molecule has 0 saturated carbocycles. The van der Waals surface area contributed by atoms with Gasteiger partial charge in [0.25, 0.3) is 0 Å². The summed E-state index contributed by atoms with van der Waals surface area (Å²) < 4.78 is 11.2. The van der Waals surface area contributed by atoms with E-state index in [1.54, 1.807) is 25.1 Å². The van der Waals surface area contributed by atoms with Crippen LogP contribution in [0, 0.1) is 6.92 Å². The molecule has 148 valence electrons. The van der Waals surface area contributed by atoms with Crippen molar-refractivity contribution in [2.75, 3.05) is 39.3 Å². The maximum absolute atomic E-state index is 12.8. The van der Waals surface area contributed by atoms with Crippen LogP contribution in [0.1, 0.15) is 27.2 Å². The number of piperazine rings is 1. The van der Waals surface area contributed by atoms with Crippen LogP contribution in [0.25, 0.3) is 6.08 Å². The number of furan rings is 1. The number of fused-ring (bicyclic) bond motifs is 1. The number of hydrogen-bond acceptors (Lipinski definition) is 6. The molecule has 1 aromatic carbocycles. The normalized spacial score (nSPS) is 19.2. The van der Waals surface area contributed by atoms with E-state index in [0.29, 0.717) is 41.3 Å². The molecule has 3 heterocycles. The molecule has 1 saturated heterocycles. The number of ether oxygens (including phenoxy) is 1. The Morgan fingerprint density at radius 3 is 2.82 bits per heavy atom. The topological polar surface area (TPSA) is 90.4 Å². The molecule has 1 aromatic heterocycles. The first-order chi connectivity index (χ1) is 13.6. The first kappa shape index (κ1) is 18.7. The molecule has 1 fully saturated rings. The van der Waals surface area contributed by atoms with Gasteiger partial charge in [0.05, 0.1) is 31.5 Å². The monoisotopic (exact) mass is 384 g/mol. The van der Waals surface area contributed by atoms with Crippen molar-refractivity contribution in [2.24, 2.45) is 0 Å². The minimum Gasteiger partial charge on any atom is -0.872 e. The zero-order valence-corrected chi connectivity index (χ0v) is 15.9. The van der Waals surface area contributed by atoms with Gasteiger partial charge in [-0.3, -0.25) is 9.69 Å². The van der Waals surface area contributed by atoms with Crippen molar-refractivity contribution in [3.05, 3.63) is 52.7 Å². The summed E-state index contributed by atoms with van der Waals surface area (Å²) in [6.07, 6.45) is 3.10. The minimum atomic E-state index is -0.215. The Hall–Kier alpha value is -2.61. The Labute approximate surface area is 163 Å². The number of aliphatic hydroxyl groups excluding tert-OH is 1. The Morgan fingerprint density at radius 1 is 1.36 bits per heavy atom. The van der Waals surface area contributed by atoms with Crippen LogP contribution in [0.15, 0.2) is 34.6 Å². The number of aryl methyl sites for hydroxylation is 1. The quantitative estimate of drug-likeness (QED) is 0.704. The summed E-state index contributed by atoms with van der Waals surface area (Å²) in [5.41, 5.74) is 1.67. The van der Waals surface area contributed by atoms with Crippen molar-refractivity contribution in [1.82, 2.24) is 4.90 Å². The zero-order valence-electron chi connectivity index (χ0n) is 15.9. The second kappa shape index (κ2) is 7.79. The molecule has 0 spiro atoms. The number of benzene rings is 1. The van der Waals surface area contributed by atoms with Gasteiger partial charge >= 0.3 is 0 Å². The molecule has 7 heteroatoms. The first-order valence-electron chi connectivity index (χ1n) is 9.55. The highest BCUT2D eigenvalue weighted by Crippen LogP contribution is 2.40. The predicted molar refractivity (Wildman–Crippen MR) is 100 cm³/mol. The number of β-amino-alcohol motifs (C(OH)–C–C–N with tert-alkyl or cyclic N) is 1. The highest BCUT2D eigenvalue weighted by atomic mass is 16.5. The van der Waals surface area contributed by atoms with Crippen molar-refractivity contribution in [3.8, 4) is 11.5 Å². The summed E-state index contributed by atoms with van der Waals surface area (Å²) in [5, 5.41) is 21.8. The molecule has 4 rings (SSSR count). The van der Waals surface area contributed by atoms with E-state index in [1.807, 2.05) is 0 Å². The molecule has 0 amide bonds. The summed E-state index contributed by atoms with van der Waals surface area (Å²) in [6, 6.07) is 5.02. The third kappa shape index (κ3) is 3.56. The molecule has 2 aliphatic rings. The van der Waals surface area contributed by atoms with Gasteiger partial charge in [-0.2, -0.15) is 0 Å². The van der Waals surface area contributed by atoms with Gasteiger partial charge in [-0.25, -0.2) is 0 Å². The van der Waals surface area contributed by atoms with Gasteiger partial charge in [-0.15, -0.1) is 0 Å². The first-order valence-corrected chi connectivity index (χ1v) is 9.55. The van der Waals surface area contributed by atoms with E-state index in [2.05, 4.69) is 4.90 Å². The number of Topliss-reactive ketones (excluding diaryl/α,β-unsaturated/α-hetero) is 1. The lowest BCUT2D eigenvalue weighted by Crippen LogP contribution is -3.13. The van der Waals surface area contributed by atoms with E-state index >= 15 is 0 Å². The molecule has 7 nitrogen and oxygen atoms in total. The van der Waals surface area contributed by atoms with Gasteiger partial charge in [0, 0.05) is 31.3 Å². The number of aliphatic hydroxyl groups is 1. The van der Waals surface area contributed by atoms with Crippen molar-refractivity contribution < 1.29 is 29.1 Å². The standard InChI is InChI=1S/C21H24N2O5/c1-14-11-17(25)16(13-23-6-4-22(5-7-23)8-9-24)21-19(14)20(26)18(28-21)12-15-3-2-10-27-15/h2-3,10-12,24-25H,4-9,13H2,1H3/b18-12-. The fraction of sp³-hybridized carbons (Fsp3) is 0.381. The largest absolute Gasteiger partial charge is 0.872 e. The van der Waals surface area contributed by atoms with Crippen molar-refractivity contribution >= 4 is 11.9 Å². The SMILES string of the molecule is Cc1cc([O-])c(C[NH+]2CCN(CCO)CC2)c2c1C(=O)/C(=C/c1ccco1)O2. The second-order valence-electron chi connectivity index (χ2n) is 7.32. The predicted octanol–water partition coefficient (Wildman–Crippen LogP) is -0.0294. The molecular weight excluding hydrogens is 360 g/mol. The number of rotatable bonds is 5. The van der Waals surface area contributed by atoms with E-state index in [1.165, 1.54) is 17.2 Å². The molecule has 0 atom stereocenters. The Kier molecular flexibility index (Phi) is 5.21. The highest BCUT2D eigenvalue weighted by Gasteiger charge is 2.33. The minimum absolute atomic E-state index is 0.0893. The summed E-state index contributed by atoms with van der Waals surface area (Å²) in [4.78, 5) is 16.3. The third-order valence-corrected chi connectivity index (χ3v) is 5.43. The van der Waals surface area contributed by atoms with Gasteiger partial charge in [0.15, 0.2) is 5.76 Å². The Morgan fingerprint density at radius 2 is 2.14 bits per heavy atom. The average Bonchev–Trinajstić information content (AvgIpc) is 3.29. The summed E-state index contributed by atoms with van der Waals surface area (Å²) in [5.74, 6) is 0.811. The van der Waals surface area contributed by atoms with E-state index < -0.39 is 0 Å². The van der Waals surface area contributed by atoms with Gasteiger partial charge in [-0.1, -0.05) is 11.8 Å². The fourth-order valence-electron chi connectivity index (χ4n) is 3.90. The number of quaternary nitrogens is 1. The van der Waals surface area contributed by atoms with E-state index in [4.69, 9.17) is 14.3 Å². The molecule has 2 aromatic rings. The number of carbonyl (C=O) groups is 1. The van der Waals surface area contributed by atoms with Crippen molar-refractivity contribution in [3.63, 3.8) is 0 Å². The van der Waals surface area contributed by atoms with Crippen LogP contribution in [-0.4, -0.2) is 55.1 Å². The number of ketones is 1. The number of allylic oxidation sites excluding steroid dienone is 1. The van der Waals surface area contributed by atoms with Crippen molar-refractivity contribution in [2.45, 2.75) is 13.5 Å². The van der Waals surface area contributed by atoms with Gasteiger partial charge in [-0.05, 0) is 24.6 Å². The molecule has 0 radical (unpaired) electrons. The lowest BCUT2D eigenvalue weighted by atomic mass is 9.99. The van der Waals surface area contributed by atoms with Crippen LogP contribution >= 0.6 is 0 Å². The van der Waals surface area contributed by atoms with Gasteiger partial charge < -0.3 is 24.3 Å². The van der Waals surface area contributed by atoms with Crippen LogP contribution < -0.4 is 14.7 Å². The molecule has 28 heavy (non-hydrogen) atoms. The summed E-state index contributed by atoms with van der Waals surface area (Å²) in [7, 11) is 0. The van der Waals surface area contributed by atoms with Gasteiger partial charge in [0.1, 0.15) is 18.1 Å². The third-order valence-electron chi connectivity index (χ3n) is 5.43. The molecular formula is C21H24N2O5. The number of carbonyl (C=O) groups excluding carboxylic acids is 1. The van der Waals surface area contributed by atoms with Crippen LogP contribution in [0.5, 0.6) is 11.5 Å². The summed E-state index contributed by atoms with van der Waals surface area (Å²) >= 11 is 0. The lowest BCUT2D eigenvalue weighted by molar-refractivity contribution is -0.918. The Balaban J connectivity index is 1.59. The number of nitrogens with one attached hydrogen (secondary N) is 1. The van der Waals surface area contributed by atoms with E-state index in [0.717, 1.165) is 26.2 Å². The van der Waals surface area contributed by atoms with Crippen LogP contribution in [-0.2, 0) is 6.54 Å². The maximum atomic E-state index is 12.8. The highest BCUT2D eigenvalue weighted by molar-refractivity contribution is 6.15. The lowest BCUT2D eigenvalue weighted by Gasteiger charge is -2.32. The molecule has 0 aliphatic carbocycles. The summed E-state index contributed by atoms with van der Waals surface area (Å²) in [6.45, 7) is 6.64. The van der Waals surface area contributed by atoms with Gasteiger partial charge in [0.2, 0.25) is 5.78 Å². The van der Waals surface area contributed by atoms with E-state index in [9.17, 15) is 9.90 Å². The maximum Gasteiger partial charge on any atom is 0.232 e. The van der Waals surface area contributed by atoms with Crippen LogP contribution in [0.4, 0.5) is 0 Å². The number of nitrogens with zero attached hydrogens (tertiary/aromatic N) is 1. The smallest absolute Gasteiger partial charge is 0.232 e. The molecule has 0 unspecified atom stereocenters. The molecule has 2 aliphatic heterocycles. The van der Waals surface area contributed by atoms with Crippen LogP contribution in [0.2, 0.25) is 0 Å². The van der Waals surface area contributed by atoms with Crippen molar-refractivity contribution in [1.29, 1.82) is 0 Å². The van der Waals surface area contributed by atoms with Crippen LogP contribution in [0.3, 0.4) is 0 Å². The zero-order chi connectivity index (χ0) is 19.7. The number of hydrogen-bond donors (Lipinski definition) is 2. The molecule has 0 bridgehead atoms. The average molecular weight is 384 g/mol. The Bertz CT molecular complexity index is 896. The fourth-order valence-corrected chi connectivity index (χ4v) is 3.90. The second-order valence-corrected chi connectivity index (χ2v) is 7.32.